The van der Waals surface area contributed by atoms with Crippen LogP contribution in [0.4, 0.5) is 0 Å². The lowest BCUT2D eigenvalue weighted by Gasteiger charge is -2.48. The van der Waals surface area contributed by atoms with E-state index in [0.29, 0.717) is 31.7 Å². The van der Waals surface area contributed by atoms with Crippen LogP contribution in [0.25, 0.3) is 0 Å². The Kier molecular flexibility index (Phi) is 6.75. The van der Waals surface area contributed by atoms with E-state index in [1.54, 1.807) is 30.1 Å². The highest BCUT2D eigenvalue weighted by Crippen LogP contribution is 2.40. The van der Waals surface area contributed by atoms with Crippen LogP contribution in [-0.4, -0.2) is 74.2 Å². The van der Waals surface area contributed by atoms with Crippen molar-refractivity contribution in [3.05, 3.63) is 77.6 Å². The zero-order valence-corrected chi connectivity index (χ0v) is 21.3. The van der Waals surface area contributed by atoms with Gasteiger partial charge in [0.1, 0.15) is 5.70 Å². The molecular formula is C27H32N4O4S. The molecule has 9 heteroatoms. The van der Waals surface area contributed by atoms with Crippen LogP contribution in [0.15, 0.2) is 77.0 Å². The highest BCUT2D eigenvalue weighted by Gasteiger charge is 2.44. The van der Waals surface area contributed by atoms with Crippen LogP contribution < -0.4 is 4.72 Å². The van der Waals surface area contributed by atoms with Gasteiger partial charge < -0.3 is 14.7 Å². The Hall–Kier alpha value is -3.33. The average Bonchev–Trinajstić information content (AvgIpc) is 2.92. The molecule has 0 aromatic heterocycles. The summed E-state index contributed by atoms with van der Waals surface area (Å²) in [5.41, 5.74) is 1.59. The van der Waals surface area contributed by atoms with Gasteiger partial charge in [-0.05, 0) is 37.1 Å². The molecule has 2 heterocycles. The zero-order chi connectivity index (χ0) is 25.3. The third-order valence-corrected chi connectivity index (χ3v) is 8.95. The van der Waals surface area contributed by atoms with Crippen molar-refractivity contribution in [2.24, 2.45) is 5.92 Å². The standard InChI is InChI=1S/C27H32N4O4S/c1-29-23-15-9-8-14-22(23)25(24(27(29)33)28-36(34,35)21-12-6-3-7-13-21)30-16-18-31(19-17-30)26(32)20-10-4-2-5-11-20/h2-7,10-13,22-23,28H,8-9,14-19H2,1H3. The molecule has 2 aromatic rings. The number of fused-ring (bicyclic) bond motifs is 1. The number of likely N-dealkylation sites (N-methyl/N-ethyl adjacent to an activating group) is 1. The number of carbonyl (C=O) groups is 2. The van der Waals surface area contributed by atoms with Gasteiger partial charge in [0.2, 0.25) is 0 Å². The Bertz CT molecular complexity index is 1260. The van der Waals surface area contributed by atoms with Crippen LogP contribution in [-0.2, 0) is 14.8 Å². The second-order valence-electron chi connectivity index (χ2n) is 9.70. The summed E-state index contributed by atoms with van der Waals surface area (Å²) in [7, 11) is -2.16. The normalized spacial score (nSPS) is 22.9. The first-order valence-electron chi connectivity index (χ1n) is 12.6. The first kappa shape index (κ1) is 24.4. The maximum atomic E-state index is 13.5. The summed E-state index contributed by atoms with van der Waals surface area (Å²) in [6, 6.07) is 17.4. The van der Waals surface area contributed by atoms with E-state index >= 15 is 0 Å². The third kappa shape index (κ3) is 4.59. The van der Waals surface area contributed by atoms with Crippen LogP contribution in [0.2, 0.25) is 0 Å². The number of nitrogens with zero attached hydrogens (tertiary/aromatic N) is 3. The number of hydrogen-bond acceptors (Lipinski definition) is 5. The van der Waals surface area contributed by atoms with E-state index in [1.165, 1.54) is 12.1 Å². The first-order valence-corrected chi connectivity index (χ1v) is 14.0. The first-order chi connectivity index (χ1) is 17.4. The SMILES string of the molecule is CN1C(=O)C(NS(=O)(=O)c2ccccc2)=C(N2CCN(C(=O)c3ccccc3)CC2)C2CCCCC21. The minimum atomic E-state index is -3.93. The largest absolute Gasteiger partial charge is 0.369 e. The van der Waals surface area contributed by atoms with E-state index in [4.69, 9.17) is 0 Å². The van der Waals surface area contributed by atoms with Gasteiger partial charge in [-0.3, -0.25) is 14.3 Å². The van der Waals surface area contributed by atoms with Gasteiger partial charge in [0.05, 0.1) is 4.90 Å². The highest BCUT2D eigenvalue weighted by molar-refractivity contribution is 7.89. The molecule has 2 fully saturated rings. The molecule has 1 saturated carbocycles. The molecule has 8 nitrogen and oxygen atoms in total. The lowest BCUT2D eigenvalue weighted by Crippen LogP contribution is -2.57. The maximum Gasteiger partial charge on any atom is 0.272 e. The van der Waals surface area contributed by atoms with E-state index in [9.17, 15) is 18.0 Å². The Morgan fingerprint density at radius 1 is 0.889 bits per heavy atom. The molecule has 2 aliphatic heterocycles. The molecule has 2 aromatic carbocycles. The Morgan fingerprint density at radius 2 is 1.50 bits per heavy atom. The molecule has 2 amide bonds. The average molecular weight is 509 g/mol. The lowest BCUT2D eigenvalue weighted by atomic mass is 9.78. The maximum absolute atomic E-state index is 13.5. The van der Waals surface area contributed by atoms with Gasteiger partial charge in [0, 0.05) is 56.4 Å². The van der Waals surface area contributed by atoms with Crippen molar-refractivity contribution in [1.82, 2.24) is 19.4 Å². The van der Waals surface area contributed by atoms with Crippen molar-refractivity contribution < 1.29 is 18.0 Å². The lowest BCUT2D eigenvalue weighted by molar-refractivity contribution is -0.131. The predicted octanol–water partition coefficient (Wildman–Crippen LogP) is 2.67. The van der Waals surface area contributed by atoms with Gasteiger partial charge in [-0.1, -0.05) is 49.2 Å². The fourth-order valence-corrected chi connectivity index (χ4v) is 6.80. The smallest absolute Gasteiger partial charge is 0.272 e. The molecular weight excluding hydrogens is 476 g/mol. The number of nitrogens with one attached hydrogen (secondary N) is 1. The van der Waals surface area contributed by atoms with E-state index < -0.39 is 10.0 Å². The van der Waals surface area contributed by atoms with E-state index in [1.807, 2.05) is 35.2 Å². The molecule has 5 rings (SSSR count). The summed E-state index contributed by atoms with van der Waals surface area (Å²) in [5, 5.41) is 0. The third-order valence-electron chi connectivity index (χ3n) is 7.59. The Balaban J connectivity index is 1.46. The molecule has 1 aliphatic carbocycles. The van der Waals surface area contributed by atoms with Crippen LogP contribution in [0.5, 0.6) is 0 Å². The van der Waals surface area contributed by atoms with Gasteiger partial charge in [-0.25, -0.2) is 8.42 Å². The quantitative estimate of drug-likeness (QED) is 0.671. The van der Waals surface area contributed by atoms with Crippen molar-refractivity contribution in [3.8, 4) is 0 Å². The van der Waals surface area contributed by atoms with Crippen molar-refractivity contribution in [2.75, 3.05) is 33.2 Å². The summed E-state index contributed by atoms with van der Waals surface area (Å²) in [6.45, 7) is 2.12. The molecule has 0 radical (unpaired) electrons. The fourth-order valence-electron chi connectivity index (χ4n) is 5.71. The number of amides is 2. The van der Waals surface area contributed by atoms with Gasteiger partial charge in [0.25, 0.3) is 21.8 Å². The predicted molar refractivity (Wildman–Crippen MR) is 136 cm³/mol. The van der Waals surface area contributed by atoms with Crippen LogP contribution in [0, 0.1) is 5.92 Å². The Morgan fingerprint density at radius 3 is 2.17 bits per heavy atom. The van der Waals surface area contributed by atoms with Gasteiger partial charge in [-0.2, -0.15) is 0 Å². The number of benzene rings is 2. The summed E-state index contributed by atoms with van der Waals surface area (Å²) in [4.78, 5) is 32.3. The fraction of sp³-hybridized carbons (Fsp3) is 0.407. The van der Waals surface area contributed by atoms with Gasteiger partial charge in [0.15, 0.2) is 0 Å². The molecule has 0 spiro atoms. The molecule has 190 valence electrons. The number of hydrogen-bond donors (Lipinski definition) is 1. The minimum absolute atomic E-state index is 0.00997. The molecule has 0 bridgehead atoms. The van der Waals surface area contributed by atoms with Crippen LogP contribution in [0.1, 0.15) is 36.0 Å². The molecule has 2 unspecified atom stereocenters. The van der Waals surface area contributed by atoms with Crippen molar-refractivity contribution in [3.63, 3.8) is 0 Å². The summed E-state index contributed by atoms with van der Waals surface area (Å²) >= 11 is 0. The highest BCUT2D eigenvalue weighted by atomic mass is 32.2. The molecule has 1 saturated heterocycles. The second-order valence-corrected chi connectivity index (χ2v) is 11.4. The molecule has 1 N–H and O–H groups in total. The van der Waals surface area contributed by atoms with Gasteiger partial charge >= 0.3 is 0 Å². The number of carbonyl (C=O) groups excluding carboxylic acids is 2. The van der Waals surface area contributed by atoms with Crippen LogP contribution >= 0.6 is 0 Å². The topological polar surface area (TPSA) is 90.0 Å². The van der Waals surface area contributed by atoms with Crippen molar-refractivity contribution >= 4 is 21.8 Å². The van der Waals surface area contributed by atoms with Gasteiger partial charge in [-0.15, -0.1) is 0 Å². The van der Waals surface area contributed by atoms with E-state index in [2.05, 4.69) is 9.62 Å². The van der Waals surface area contributed by atoms with Crippen molar-refractivity contribution in [1.29, 1.82) is 0 Å². The van der Waals surface area contributed by atoms with E-state index in [0.717, 1.165) is 31.4 Å². The summed E-state index contributed by atoms with van der Waals surface area (Å²) in [6.07, 6.45) is 3.90. The second kappa shape index (κ2) is 9.97. The number of sulfonamides is 1. The minimum Gasteiger partial charge on any atom is -0.369 e. The molecule has 3 aliphatic rings. The Labute approximate surface area is 212 Å². The monoisotopic (exact) mass is 508 g/mol. The van der Waals surface area contributed by atoms with E-state index in [-0.39, 0.29) is 34.4 Å². The number of piperazine rings is 1. The number of rotatable bonds is 5. The summed E-state index contributed by atoms with van der Waals surface area (Å²) in [5.74, 6) is -0.244. The molecule has 36 heavy (non-hydrogen) atoms. The molecule has 2 atom stereocenters. The summed E-state index contributed by atoms with van der Waals surface area (Å²) < 4.78 is 29.2. The van der Waals surface area contributed by atoms with Crippen LogP contribution in [0.3, 0.4) is 0 Å². The van der Waals surface area contributed by atoms with Crippen molar-refractivity contribution in [2.45, 2.75) is 36.6 Å². The zero-order valence-electron chi connectivity index (χ0n) is 20.5.